The van der Waals surface area contributed by atoms with Gasteiger partial charge < -0.3 is 19.9 Å². The number of phenolic OH excluding ortho intramolecular Hbond substituents is 1. The Hall–Kier alpha value is -6.74. The van der Waals surface area contributed by atoms with Crippen LogP contribution in [0, 0.1) is 23.7 Å². The maximum Gasteiger partial charge on any atom is 0.238 e. The number of hydrogen-bond acceptors (Lipinski definition) is 8. The van der Waals surface area contributed by atoms with E-state index in [-0.39, 0.29) is 47.7 Å². The Balaban J connectivity index is 1.21. The summed E-state index contributed by atoms with van der Waals surface area (Å²) in [6, 6.07) is 38.4. The molecule has 0 radical (unpaired) electrons. The van der Waals surface area contributed by atoms with Crippen molar-refractivity contribution in [1.29, 1.82) is 0 Å². The van der Waals surface area contributed by atoms with Gasteiger partial charge in [0, 0.05) is 46.5 Å². The zero-order chi connectivity index (χ0) is 39.4. The third kappa shape index (κ3) is 5.59. The molecule has 0 spiro atoms. The van der Waals surface area contributed by atoms with Crippen LogP contribution in [-0.4, -0.2) is 42.7 Å². The van der Waals surface area contributed by atoms with Crippen LogP contribution in [0.15, 0.2) is 145 Å². The predicted molar refractivity (Wildman–Crippen MR) is 216 cm³/mol. The summed E-state index contributed by atoms with van der Waals surface area (Å²) in [5.74, 6) is -4.76. The zero-order valence-corrected chi connectivity index (χ0v) is 31.4. The third-order valence-corrected chi connectivity index (χ3v) is 12.4. The number of nitrogens with zero attached hydrogens (tertiary/aromatic N) is 1. The van der Waals surface area contributed by atoms with Crippen molar-refractivity contribution in [2.24, 2.45) is 23.7 Å². The largest absolute Gasteiger partial charge is 0.507 e. The van der Waals surface area contributed by atoms with Crippen LogP contribution in [-0.2, 0) is 24.6 Å². The molecule has 1 saturated heterocycles. The second-order valence-electron chi connectivity index (χ2n) is 15.1. The Morgan fingerprint density at radius 2 is 1.39 bits per heavy atom. The van der Waals surface area contributed by atoms with Crippen molar-refractivity contribution < 1.29 is 33.8 Å². The topological polar surface area (TPSA) is 122 Å². The molecule has 9 rings (SSSR count). The number of allylic oxidation sites excluding steroid dienone is 4. The summed E-state index contributed by atoms with van der Waals surface area (Å²) in [4.78, 5) is 61.1. The summed E-state index contributed by atoms with van der Waals surface area (Å²) >= 11 is 0. The van der Waals surface area contributed by atoms with Crippen LogP contribution in [0.5, 0.6) is 17.2 Å². The number of ketones is 2. The molecule has 2 amide bonds. The molecular weight excluding hydrogens is 717 g/mol. The number of phenols is 1. The monoisotopic (exact) mass is 756 g/mol. The summed E-state index contributed by atoms with van der Waals surface area (Å²) in [6.45, 7) is 0. The van der Waals surface area contributed by atoms with Gasteiger partial charge in [0.1, 0.15) is 17.2 Å². The molecule has 4 aliphatic rings. The minimum absolute atomic E-state index is 0.138. The van der Waals surface area contributed by atoms with Crippen molar-refractivity contribution in [1.82, 2.24) is 0 Å². The number of ether oxygens (including phenoxy) is 2. The molecule has 0 unspecified atom stereocenters. The van der Waals surface area contributed by atoms with Gasteiger partial charge in [0.05, 0.1) is 37.2 Å². The zero-order valence-electron chi connectivity index (χ0n) is 31.4. The lowest BCUT2D eigenvalue weighted by molar-refractivity contribution is -0.135. The minimum Gasteiger partial charge on any atom is -0.507 e. The van der Waals surface area contributed by atoms with Gasteiger partial charge in [-0.15, -0.1) is 0 Å². The molecular formula is C48H40N2O7. The first-order chi connectivity index (χ1) is 27.8. The number of carbonyl (C=O) groups excluding carboxylic acids is 4. The van der Waals surface area contributed by atoms with Crippen LogP contribution in [0.1, 0.15) is 35.4 Å². The molecule has 5 aromatic rings. The highest BCUT2D eigenvalue weighted by atomic mass is 16.5. The van der Waals surface area contributed by atoms with E-state index in [9.17, 15) is 14.7 Å². The average Bonchev–Trinajstić information content (AvgIpc) is 3.51. The van der Waals surface area contributed by atoms with E-state index in [1.54, 1.807) is 18.2 Å². The Bertz CT molecular complexity index is 2480. The van der Waals surface area contributed by atoms with E-state index < -0.39 is 35.0 Å². The first-order valence-corrected chi connectivity index (χ1v) is 19.1. The van der Waals surface area contributed by atoms with Gasteiger partial charge in [0.25, 0.3) is 0 Å². The number of methoxy groups -OCH3 is 2. The Morgan fingerprint density at radius 3 is 2.05 bits per heavy atom. The lowest BCUT2D eigenvalue weighted by Crippen LogP contribution is -2.58. The van der Waals surface area contributed by atoms with Crippen LogP contribution in [0.2, 0.25) is 0 Å². The number of carbonyl (C=O) groups is 4. The van der Waals surface area contributed by atoms with E-state index in [4.69, 9.17) is 9.47 Å². The van der Waals surface area contributed by atoms with Crippen LogP contribution in [0.25, 0.3) is 5.57 Å². The van der Waals surface area contributed by atoms with Crippen LogP contribution in [0.4, 0.5) is 17.1 Å². The van der Waals surface area contributed by atoms with Crippen molar-refractivity contribution in [3.63, 3.8) is 0 Å². The summed E-state index contributed by atoms with van der Waals surface area (Å²) in [5.41, 5.74) is 3.19. The van der Waals surface area contributed by atoms with Crippen molar-refractivity contribution in [2.45, 2.75) is 24.2 Å². The van der Waals surface area contributed by atoms with E-state index in [0.29, 0.717) is 33.7 Å². The molecule has 9 nitrogen and oxygen atoms in total. The van der Waals surface area contributed by atoms with E-state index in [2.05, 4.69) is 5.32 Å². The Labute approximate surface area is 330 Å². The van der Waals surface area contributed by atoms with E-state index >= 15 is 9.59 Å². The van der Waals surface area contributed by atoms with E-state index in [1.165, 1.54) is 31.3 Å². The molecule has 0 aromatic heterocycles. The summed E-state index contributed by atoms with van der Waals surface area (Å²) < 4.78 is 11.4. The second kappa shape index (κ2) is 14.1. The molecule has 2 fully saturated rings. The SMILES string of the molecule is COc1cc(O)c([C@H]2C3=CC[C@@H]4C(=O)N(c5ccc(Nc6ccccc6)cc5)C(=O)[C@@H]4[C@@H]3C[C@H]3C(=O)C(c4ccccc4)=CC(=O)[C@@]23c2ccccc2)c(OC)c1. The molecule has 284 valence electrons. The number of para-hydroxylation sites is 1. The molecule has 6 atom stereocenters. The number of hydrogen-bond donors (Lipinski definition) is 2. The standard InChI is InChI=1S/C48H40N2O7/c1-56-33-24-39(51)43(40(25-33)57-2)44-34-22-23-35-42(47(55)50(46(35)54)32-20-18-31(19-21-32)49-30-16-10-5-11-17-30)37(34)26-38-45(53)36(28-12-6-3-7-13-28)27-41(52)48(38,44)29-14-8-4-9-15-29/h3-22,24-25,27,35,37-38,42,44,49,51H,23,26H2,1-2H3/t35-,37+,38-,42-,44+,48-/m0/s1. The maximum absolute atomic E-state index is 15.4. The smallest absolute Gasteiger partial charge is 0.238 e. The summed E-state index contributed by atoms with van der Waals surface area (Å²) in [5, 5.41) is 15.3. The van der Waals surface area contributed by atoms with Crippen molar-refractivity contribution in [2.75, 3.05) is 24.4 Å². The van der Waals surface area contributed by atoms with Gasteiger partial charge in [0.2, 0.25) is 11.8 Å². The van der Waals surface area contributed by atoms with Gasteiger partial charge in [-0.1, -0.05) is 90.5 Å². The number of rotatable bonds is 8. The number of Topliss-reactive ketones (excluding diaryl/α,β-unsaturated/α-hetero) is 1. The van der Waals surface area contributed by atoms with Gasteiger partial charge in [0.15, 0.2) is 11.6 Å². The third-order valence-electron chi connectivity index (χ3n) is 12.4. The molecule has 3 aliphatic carbocycles. The van der Waals surface area contributed by atoms with E-state index in [1.807, 2.05) is 109 Å². The number of imide groups is 1. The fourth-order valence-corrected chi connectivity index (χ4v) is 9.99. The number of benzene rings is 5. The molecule has 1 saturated carbocycles. The first kappa shape index (κ1) is 35.9. The number of nitrogens with one attached hydrogen (secondary N) is 1. The summed E-state index contributed by atoms with van der Waals surface area (Å²) in [6.07, 6.45) is 3.80. The lowest BCUT2D eigenvalue weighted by atomic mass is 9.44. The van der Waals surface area contributed by atoms with Crippen LogP contribution in [0.3, 0.4) is 0 Å². The number of anilines is 3. The van der Waals surface area contributed by atoms with Crippen LogP contribution >= 0.6 is 0 Å². The first-order valence-electron chi connectivity index (χ1n) is 19.1. The van der Waals surface area contributed by atoms with Crippen LogP contribution < -0.4 is 19.7 Å². The fourth-order valence-electron chi connectivity index (χ4n) is 9.99. The normalized spacial score (nSPS) is 25.2. The number of amides is 2. The van der Waals surface area contributed by atoms with Gasteiger partial charge in [-0.05, 0) is 72.4 Å². The van der Waals surface area contributed by atoms with Gasteiger partial charge in [-0.3, -0.25) is 24.1 Å². The molecule has 1 aliphatic heterocycles. The minimum atomic E-state index is -1.53. The van der Waals surface area contributed by atoms with Crippen molar-refractivity contribution in [3.05, 3.63) is 162 Å². The molecule has 1 heterocycles. The molecule has 0 bridgehead atoms. The maximum atomic E-state index is 15.4. The lowest BCUT2D eigenvalue weighted by Gasteiger charge is -2.55. The molecule has 57 heavy (non-hydrogen) atoms. The summed E-state index contributed by atoms with van der Waals surface area (Å²) in [7, 11) is 2.96. The highest BCUT2D eigenvalue weighted by Gasteiger charge is 2.66. The van der Waals surface area contributed by atoms with Gasteiger partial charge in [-0.25, -0.2) is 0 Å². The predicted octanol–water partition coefficient (Wildman–Crippen LogP) is 8.18. The second-order valence-corrected chi connectivity index (χ2v) is 15.1. The Kier molecular flexibility index (Phi) is 8.88. The van der Waals surface area contributed by atoms with Gasteiger partial charge in [-0.2, -0.15) is 0 Å². The highest BCUT2D eigenvalue weighted by Crippen LogP contribution is 2.65. The highest BCUT2D eigenvalue weighted by molar-refractivity contribution is 6.32. The average molecular weight is 757 g/mol. The molecule has 5 aromatic carbocycles. The number of aromatic hydroxyl groups is 1. The fraction of sp³-hybridized carbons (Fsp3) is 0.208. The van der Waals surface area contributed by atoms with Crippen molar-refractivity contribution >= 4 is 46.0 Å². The quantitative estimate of drug-likeness (QED) is 0.120. The van der Waals surface area contributed by atoms with Crippen molar-refractivity contribution in [3.8, 4) is 17.2 Å². The Morgan fingerprint density at radius 1 is 0.737 bits per heavy atom. The van der Waals surface area contributed by atoms with Gasteiger partial charge >= 0.3 is 0 Å². The molecule has 9 heteroatoms. The molecule has 2 N–H and O–H groups in total. The van der Waals surface area contributed by atoms with E-state index in [0.717, 1.165) is 16.9 Å². The number of fused-ring (bicyclic) bond motifs is 4.